The minimum absolute atomic E-state index is 0.0386. The molecule has 0 aromatic heterocycles. The Hall–Kier alpha value is -0.670. The highest BCUT2D eigenvalue weighted by Crippen LogP contribution is 2.39. The van der Waals surface area contributed by atoms with E-state index in [1.807, 2.05) is 0 Å². The van der Waals surface area contributed by atoms with Crippen LogP contribution in [0.5, 0.6) is 0 Å². The van der Waals surface area contributed by atoms with Crippen molar-refractivity contribution in [2.45, 2.75) is 46.0 Å². The van der Waals surface area contributed by atoms with Crippen molar-refractivity contribution in [1.82, 2.24) is 5.32 Å². The summed E-state index contributed by atoms with van der Waals surface area (Å²) in [6.45, 7) is 5.42. The Labute approximate surface area is 89.4 Å². The van der Waals surface area contributed by atoms with Crippen molar-refractivity contribution >= 4 is 5.91 Å². The van der Waals surface area contributed by atoms with E-state index in [9.17, 15) is 13.6 Å². The van der Waals surface area contributed by atoms with Crippen LogP contribution in [0.2, 0.25) is 0 Å². The molecule has 0 aliphatic heterocycles. The molecule has 1 fully saturated rings. The monoisotopic (exact) mass is 219 g/mol. The van der Waals surface area contributed by atoms with Crippen LogP contribution < -0.4 is 5.32 Å². The van der Waals surface area contributed by atoms with Crippen LogP contribution in [-0.4, -0.2) is 18.4 Å². The fraction of sp³-hybridized carbons (Fsp3) is 0.909. The molecule has 1 aliphatic rings. The third-order valence-corrected chi connectivity index (χ3v) is 2.85. The van der Waals surface area contributed by atoms with Crippen molar-refractivity contribution in [3.63, 3.8) is 0 Å². The summed E-state index contributed by atoms with van der Waals surface area (Å²) < 4.78 is 26.4. The molecule has 0 spiro atoms. The van der Waals surface area contributed by atoms with Gasteiger partial charge in [0.1, 0.15) is 0 Å². The quantitative estimate of drug-likeness (QED) is 0.760. The molecule has 15 heavy (non-hydrogen) atoms. The van der Waals surface area contributed by atoms with Gasteiger partial charge in [-0.1, -0.05) is 20.8 Å². The lowest BCUT2D eigenvalue weighted by Gasteiger charge is -2.22. The van der Waals surface area contributed by atoms with Crippen LogP contribution in [0.1, 0.15) is 40.0 Å². The first-order valence-corrected chi connectivity index (χ1v) is 5.39. The van der Waals surface area contributed by atoms with E-state index in [1.54, 1.807) is 20.8 Å². The smallest absolute Gasteiger partial charge is 0.252 e. The van der Waals surface area contributed by atoms with Gasteiger partial charge in [-0.05, 0) is 12.8 Å². The summed E-state index contributed by atoms with van der Waals surface area (Å²) in [5.74, 6) is -3.43. The van der Waals surface area contributed by atoms with Gasteiger partial charge in [-0.3, -0.25) is 4.79 Å². The summed E-state index contributed by atoms with van der Waals surface area (Å²) in [4.78, 5) is 11.5. The van der Waals surface area contributed by atoms with E-state index >= 15 is 0 Å². The summed E-state index contributed by atoms with van der Waals surface area (Å²) >= 11 is 0. The van der Waals surface area contributed by atoms with Gasteiger partial charge in [-0.2, -0.15) is 0 Å². The summed E-state index contributed by atoms with van der Waals surface area (Å²) in [6.07, 6.45) is 1.03. The number of nitrogens with one attached hydrogen (secondary N) is 1. The van der Waals surface area contributed by atoms with Gasteiger partial charge in [-0.25, -0.2) is 8.78 Å². The highest BCUT2D eigenvalue weighted by molar-refractivity contribution is 5.81. The molecule has 1 N–H and O–H groups in total. The zero-order chi connectivity index (χ0) is 11.7. The molecular weight excluding hydrogens is 200 g/mol. The standard InChI is InChI=1S/C11H19F2NO/c1-10(2,3)9(15)14-7-8-5-4-6-11(8,12)13/h8H,4-7H2,1-3H3,(H,14,15)/t8-/m1/s1. The maximum Gasteiger partial charge on any atom is 0.252 e. The normalized spacial score (nSPS) is 25.3. The van der Waals surface area contributed by atoms with Gasteiger partial charge in [0.2, 0.25) is 5.91 Å². The van der Waals surface area contributed by atoms with Crippen molar-refractivity contribution in [1.29, 1.82) is 0 Å². The lowest BCUT2D eigenvalue weighted by Crippen LogP contribution is -2.40. The minimum Gasteiger partial charge on any atom is -0.355 e. The van der Waals surface area contributed by atoms with E-state index in [4.69, 9.17) is 0 Å². The van der Waals surface area contributed by atoms with Gasteiger partial charge in [0.05, 0.1) is 0 Å². The first-order valence-electron chi connectivity index (χ1n) is 5.39. The van der Waals surface area contributed by atoms with Crippen molar-refractivity contribution < 1.29 is 13.6 Å². The molecule has 1 aliphatic carbocycles. The van der Waals surface area contributed by atoms with Crippen LogP contribution in [-0.2, 0) is 4.79 Å². The van der Waals surface area contributed by atoms with Crippen LogP contribution >= 0.6 is 0 Å². The Morgan fingerprint density at radius 3 is 2.47 bits per heavy atom. The molecule has 0 heterocycles. The Morgan fingerprint density at radius 1 is 1.47 bits per heavy atom. The zero-order valence-electron chi connectivity index (χ0n) is 9.57. The van der Waals surface area contributed by atoms with Crippen molar-refractivity contribution in [2.75, 3.05) is 6.54 Å². The van der Waals surface area contributed by atoms with Crippen LogP contribution in [0.15, 0.2) is 0 Å². The number of hydrogen-bond acceptors (Lipinski definition) is 1. The predicted octanol–water partition coefficient (Wildman–Crippen LogP) is 2.58. The molecule has 1 atom stereocenters. The SMILES string of the molecule is CC(C)(C)C(=O)NC[C@H]1CCCC1(F)F. The average molecular weight is 219 g/mol. The van der Waals surface area contributed by atoms with Crippen molar-refractivity contribution in [2.24, 2.45) is 11.3 Å². The van der Waals surface area contributed by atoms with E-state index in [2.05, 4.69) is 5.32 Å². The Bertz CT molecular complexity index is 245. The number of hydrogen-bond donors (Lipinski definition) is 1. The second-order valence-corrected chi connectivity index (χ2v) is 5.31. The number of carbonyl (C=O) groups excluding carboxylic acids is 1. The second-order valence-electron chi connectivity index (χ2n) is 5.31. The third kappa shape index (κ3) is 3.14. The number of alkyl halides is 2. The molecule has 0 aromatic rings. The van der Waals surface area contributed by atoms with E-state index in [0.29, 0.717) is 12.8 Å². The number of rotatable bonds is 2. The first kappa shape index (κ1) is 12.4. The maximum atomic E-state index is 13.2. The molecular formula is C11H19F2NO. The highest BCUT2D eigenvalue weighted by atomic mass is 19.3. The molecule has 88 valence electrons. The Kier molecular flexibility index (Phi) is 3.36. The summed E-state index contributed by atoms with van der Waals surface area (Å²) in [5, 5.41) is 2.60. The predicted molar refractivity (Wildman–Crippen MR) is 54.8 cm³/mol. The molecule has 0 unspecified atom stereocenters. The first-order chi connectivity index (χ1) is 6.73. The Balaban J connectivity index is 2.41. The van der Waals surface area contributed by atoms with Gasteiger partial charge in [0, 0.05) is 24.3 Å². The minimum atomic E-state index is -2.59. The molecule has 0 saturated heterocycles. The molecule has 1 saturated carbocycles. The number of carbonyl (C=O) groups is 1. The number of amides is 1. The molecule has 1 rings (SSSR count). The van der Waals surface area contributed by atoms with Crippen LogP contribution in [0.3, 0.4) is 0 Å². The molecule has 0 bridgehead atoms. The van der Waals surface area contributed by atoms with E-state index in [1.165, 1.54) is 0 Å². The summed E-state index contributed by atoms with van der Waals surface area (Å²) in [7, 11) is 0. The second kappa shape index (κ2) is 4.06. The average Bonchev–Trinajstić information content (AvgIpc) is 2.39. The Morgan fingerprint density at radius 2 is 2.07 bits per heavy atom. The molecule has 2 nitrogen and oxygen atoms in total. The molecule has 4 heteroatoms. The number of halogens is 2. The van der Waals surface area contributed by atoms with Crippen LogP contribution in [0.4, 0.5) is 8.78 Å². The van der Waals surface area contributed by atoms with Gasteiger partial charge in [0.15, 0.2) is 0 Å². The fourth-order valence-electron chi connectivity index (χ4n) is 1.73. The van der Waals surface area contributed by atoms with E-state index < -0.39 is 17.3 Å². The van der Waals surface area contributed by atoms with E-state index in [-0.39, 0.29) is 18.9 Å². The lowest BCUT2D eigenvalue weighted by atomic mass is 9.95. The summed E-state index contributed by atoms with van der Waals surface area (Å²) in [6, 6.07) is 0. The summed E-state index contributed by atoms with van der Waals surface area (Å²) in [5.41, 5.74) is -0.506. The van der Waals surface area contributed by atoms with Crippen molar-refractivity contribution in [3.8, 4) is 0 Å². The lowest BCUT2D eigenvalue weighted by molar-refractivity contribution is -0.129. The molecule has 0 radical (unpaired) electrons. The van der Waals surface area contributed by atoms with Gasteiger partial charge in [0.25, 0.3) is 5.92 Å². The van der Waals surface area contributed by atoms with Gasteiger partial charge < -0.3 is 5.32 Å². The fourth-order valence-corrected chi connectivity index (χ4v) is 1.73. The highest BCUT2D eigenvalue weighted by Gasteiger charge is 2.43. The third-order valence-electron chi connectivity index (χ3n) is 2.85. The topological polar surface area (TPSA) is 29.1 Å². The van der Waals surface area contributed by atoms with Crippen LogP contribution in [0.25, 0.3) is 0 Å². The zero-order valence-corrected chi connectivity index (χ0v) is 9.57. The van der Waals surface area contributed by atoms with Gasteiger partial charge >= 0.3 is 0 Å². The van der Waals surface area contributed by atoms with Crippen LogP contribution in [0, 0.1) is 11.3 Å². The van der Waals surface area contributed by atoms with E-state index in [0.717, 1.165) is 0 Å². The maximum absolute atomic E-state index is 13.2. The molecule has 1 amide bonds. The van der Waals surface area contributed by atoms with Gasteiger partial charge in [-0.15, -0.1) is 0 Å². The molecule has 0 aromatic carbocycles. The largest absolute Gasteiger partial charge is 0.355 e. The van der Waals surface area contributed by atoms with Crippen molar-refractivity contribution in [3.05, 3.63) is 0 Å².